The van der Waals surface area contributed by atoms with E-state index < -0.39 is 5.97 Å². The van der Waals surface area contributed by atoms with Gasteiger partial charge in [-0.1, -0.05) is 6.07 Å². The quantitative estimate of drug-likeness (QED) is 0.705. The summed E-state index contributed by atoms with van der Waals surface area (Å²) in [4.78, 5) is 22.8. The maximum Gasteiger partial charge on any atom is 0.335 e. The van der Waals surface area contributed by atoms with Gasteiger partial charge in [-0.2, -0.15) is 0 Å². The number of amides is 1. The van der Waals surface area contributed by atoms with Crippen LogP contribution in [0.4, 0.5) is 0 Å². The van der Waals surface area contributed by atoms with Crippen molar-refractivity contribution in [3.05, 3.63) is 34.9 Å². The Morgan fingerprint density at radius 2 is 2.07 bits per heavy atom. The van der Waals surface area contributed by atoms with Gasteiger partial charge >= 0.3 is 5.97 Å². The van der Waals surface area contributed by atoms with Gasteiger partial charge in [0.05, 0.1) is 5.56 Å². The van der Waals surface area contributed by atoms with Crippen LogP contribution in [0, 0.1) is 0 Å². The highest BCUT2D eigenvalue weighted by molar-refractivity contribution is 5.88. The van der Waals surface area contributed by atoms with Gasteiger partial charge in [0.15, 0.2) is 0 Å². The van der Waals surface area contributed by atoms with Crippen molar-refractivity contribution in [2.45, 2.75) is 13.1 Å². The summed E-state index contributed by atoms with van der Waals surface area (Å²) in [6.45, 7) is 1.10. The lowest BCUT2D eigenvalue weighted by atomic mass is 10.1. The number of carboxylic acid groups (broad SMARTS) is 1. The molecule has 1 heterocycles. The average molecular weight is 191 g/mol. The molecule has 0 saturated heterocycles. The molecule has 0 atom stereocenters. The number of carbonyl (C=O) groups is 2. The SMILES string of the molecule is O=CN1Cc2ccc(C(=O)O)cc2C1. The summed E-state index contributed by atoms with van der Waals surface area (Å²) >= 11 is 0. The van der Waals surface area contributed by atoms with Gasteiger partial charge < -0.3 is 10.0 Å². The van der Waals surface area contributed by atoms with Gasteiger partial charge in [-0.25, -0.2) is 4.79 Å². The maximum absolute atomic E-state index is 10.7. The summed E-state index contributed by atoms with van der Waals surface area (Å²) in [7, 11) is 0. The first-order valence-electron chi connectivity index (χ1n) is 4.25. The van der Waals surface area contributed by atoms with Crippen LogP contribution in [0.25, 0.3) is 0 Å². The third-order valence-electron chi connectivity index (χ3n) is 2.35. The number of carboxylic acids is 1. The second-order valence-corrected chi connectivity index (χ2v) is 3.30. The first-order valence-corrected chi connectivity index (χ1v) is 4.25. The Morgan fingerprint density at radius 1 is 1.36 bits per heavy atom. The van der Waals surface area contributed by atoms with Crippen LogP contribution in [0.2, 0.25) is 0 Å². The Bertz CT molecular complexity index is 400. The fourth-order valence-electron chi connectivity index (χ4n) is 1.63. The second kappa shape index (κ2) is 3.14. The molecule has 1 aromatic rings. The van der Waals surface area contributed by atoms with E-state index in [9.17, 15) is 9.59 Å². The molecule has 0 radical (unpaired) electrons. The van der Waals surface area contributed by atoms with Crippen LogP contribution in [0.5, 0.6) is 0 Å². The van der Waals surface area contributed by atoms with Gasteiger partial charge in [0.2, 0.25) is 6.41 Å². The van der Waals surface area contributed by atoms with Crippen molar-refractivity contribution in [1.29, 1.82) is 0 Å². The van der Waals surface area contributed by atoms with E-state index in [0.717, 1.165) is 17.5 Å². The minimum Gasteiger partial charge on any atom is -0.478 e. The highest BCUT2D eigenvalue weighted by Gasteiger charge is 2.18. The van der Waals surface area contributed by atoms with Crippen LogP contribution < -0.4 is 0 Å². The van der Waals surface area contributed by atoms with E-state index in [0.29, 0.717) is 13.1 Å². The van der Waals surface area contributed by atoms with Crippen molar-refractivity contribution >= 4 is 12.4 Å². The molecule has 1 aliphatic heterocycles. The molecule has 4 nitrogen and oxygen atoms in total. The molecule has 1 N–H and O–H groups in total. The zero-order valence-electron chi connectivity index (χ0n) is 7.43. The molecule has 72 valence electrons. The smallest absolute Gasteiger partial charge is 0.335 e. The summed E-state index contributed by atoms with van der Waals surface area (Å²) in [6.07, 6.45) is 0.778. The molecule has 1 aliphatic rings. The standard InChI is InChI=1S/C10H9NO3/c12-6-11-4-8-2-1-7(10(13)14)3-9(8)5-11/h1-3,6H,4-5H2,(H,13,14). The minimum absolute atomic E-state index is 0.275. The summed E-state index contributed by atoms with van der Waals surface area (Å²) < 4.78 is 0. The van der Waals surface area contributed by atoms with E-state index in [1.807, 2.05) is 0 Å². The topological polar surface area (TPSA) is 57.6 Å². The molecule has 0 spiro atoms. The number of nitrogens with zero attached hydrogens (tertiary/aromatic N) is 1. The molecule has 0 aliphatic carbocycles. The molecule has 1 aromatic carbocycles. The zero-order chi connectivity index (χ0) is 10.1. The normalized spacial score (nSPS) is 13.9. The van der Waals surface area contributed by atoms with Gasteiger partial charge in [0, 0.05) is 13.1 Å². The molecule has 0 bridgehead atoms. The lowest BCUT2D eigenvalue weighted by molar-refractivity contribution is -0.118. The van der Waals surface area contributed by atoms with E-state index in [-0.39, 0.29) is 5.56 Å². The highest BCUT2D eigenvalue weighted by Crippen LogP contribution is 2.22. The monoisotopic (exact) mass is 191 g/mol. The third kappa shape index (κ3) is 1.35. The van der Waals surface area contributed by atoms with Crippen LogP contribution in [0.15, 0.2) is 18.2 Å². The van der Waals surface area contributed by atoms with E-state index in [2.05, 4.69) is 0 Å². The van der Waals surface area contributed by atoms with E-state index >= 15 is 0 Å². The first kappa shape index (κ1) is 8.74. The highest BCUT2D eigenvalue weighted by atomic mass is 16.4. The molecule has 4 heteroatoms. The summed E-state index contributed by atoms with van der Waals surface area (Å²) in [5, 5.41) is 8.76. The Hall–Kier alpha value is -1.84. The lowest BCUT2D eigenvalue weighted by Gasteiger charge is -2.04. The van der Waals surface area contributed by atoms with E-state index in [1.54, 1.807) is 23.1 Å². The maximum atomic E-state index is 10.7. The van der Waals surface area contributed by atoms with E-state index in [1.165, 1.54) is 0 Å². The zero-order valence-corrected chi connectivity index (χ0v) is 7.43. The van der Waals surface area contributed by atoms with Crippen LogP contribution in [-0.2, 0) is 17.9 Å². The van der Waals surface area contributed by atoms with Gasteiger partial charge in [0.1, 0.15) is 0 Å². The van der Waals surface area contributed by atoms with Crippen molar-refractivity contribution in [2.24, 2.45) is 0 Å². The Kier molecular flexibility index (Phi) is 1.96. The number of fused-ring (bicyclic) bond motifs is 1. The molecule has 2 rings (SSSR count). The van der Waals surface area contributed by atoms with Gasteiger partial charge in [-0.3, -0.25) is 4.79 Å². The van der Waals surface area contributed by atoms with Crippen LogP contribution in [-0.4, -0.2) is 22.4 Å². The van der Waals surface area contributed by atoms with Crippen LogP contribution in [0.1, 0.15) is 21.5 Å². The van der Waals surface area contributed by atoms with Crippen LogP contribution >= 0.6 is 0 Å². The van der Waals surface area contributed by atoms with Gasteiger partial charge in [0.25, 0.3) is 0 Å². The average Bonchev–Trinajstić information content (AvgIpc) is 2.58. The summed E-state index contributed by atoms with van der Waals surface area (Å²) in [5.74, 6) is -0.933. The van der Waals surface area contributed by atoms with Crippen molar-refractivity contribution in [3.63, 3.8) is 0 Å². The molecular weight excluding hydrogens is 182 g/mol. The number of hydrogen-bond donors (Lipinski definition) is 1. The first-order chi connectivity index (χ1) is 6.70. The molecule has 1 amide bonds. The molecular formula is C10H9NO3. The predicted octanol–water partition coefficient (Wildman–Crippen LogP) is 0.857. The second-order valence-electron chi connectivity index (χ2n) is 3.30. The van der Waals surface area contributed by atoms with E-state index in [4.69, 9.17) is 5.11 Å². The molecule has 14 heavy (non-hydrogen) atoms. The number of carbonyl (C=O) groups excluding carboxylic acids is 1. The fraction of sp³-hybridized carbons (Fsp3) is 0.200. The van der Waals surface area contributed by atoms with Crippen molar-refractivity contribution < 1.29 is 14.7 Å². The Morgan fingerprint density at radius 3 is 2.71 bits per heavy atom. The van der Waals surface area contributed by atoms with Crippen molar-refractivity contribution in [2.75, 3.05) is 0 Å². The third-order valence-corrected chi connectivity index (χ3v) is 2.35. The molecule has 0 aromatic heterocycles. The van der Waals surface area contributed by atoms with Crippen molar-refractivity contribution in [3.8, 4) is 0 Å². The Balaban J connectivity index is 2.35. The largest absolute Gasteiger partial charge is 0.478 e. The number of rotatable bonds is 2. The number of benzene rings is 1. The molecule has 0 saturated carbocycles. The summed E-state index contributed by atoms with van der Waals surface area (Å²) in [6, 6.07) is 4.96. The Labute approximate surface area is 80.8 Å². The number of aromatic carboxylic acids is 1. The van der Waals surface area contributed by atoms with Crippen molar-refractivity contribution in [1.82, 2.24) is 4.90 Å². The van der Waals surface area contributed by atoms with Gasteiger partial charge in [-0.15, -0.1) is 0 Å². The molecule has 0 fully saturated rings. The minimum atomic E-state index is -0.933. The molecule has 0 unspecified atom stereocenters. The summed E-state index contributed by atoms with van der Waals surface area (Å²) in [5.41, 5.74) is 2.23. The van der Waals surface area contributed by atoms with Crippen LogP contribution in [0.3, 0.4) is 0 Å². The number of hydrogen-bond acceptors (Lipinski definition) is 2. The lowest BCUT2D eigenvalue weighted by Crippen LogP contribution is -2.12. The van der Waals surface area contributed by atoms with Gasteiger partial charge in [-0.05, 0) is 23.3 Å². The fourth-order valence-corrected chi connectivity index (χ4v) is 1.63. The predicted molar refractivity (Wildman–Crippen MR) is 48.7 cm³/mol.